The highest BCUT2D eigenvalue weighted by Crippen LogP contribution is 2.23. The van der Waals surface area contributed by atoms with Crippen molar-refractivity contribution in [2.45, 2.75) is 6.92 Å². The molecule has 0 atom stereocenters. The highest BCUT2D eigenvalue weighted by molar-refractivity contribution is 5.76. The van der Waals surface area contributed by atoms with Crippen LogP contribution in [0.1, 0.15) is 6.92 Å². The quantitative estimate of drug-likeness (QED) is 0.790. The predicted molar refractivity (Wildman–Crippen MR) is 77.0 cm³/mol. The maximum atomic E-state index is 5.38. The van der Waals surface area contributed by atoms with Crippen molar-refractivity contribution in [3.63, 3.8) is 0 Å². The summed E-state index contributed by atoms with van der Waals surface area (Å²) in [7, 11) is 1.65. The summed E-state index contributed by atoms with van der Waals surface area (Å²) in [4.78, 5) is 12.1. The first-order valence-electron chi connectivity index (χ1n) is 6.44. The van der Waals surface area contributed by atoms with Gasteiger partial charge in [-0.1, -0.05) is 0 Å². The number of fused-ring (bicyclic) bond motifs is 1. The lowest BCUT2D eigenvalue weighted by Gasteiger charge is -2.00. The van der Waals surface area contributed by atoms with Crippen molar-refractivity contribution >= 4 is 11.2 Å². The number of H-pyrrole nitrogens is 1. The van der Waals surface area contributed by atoms with Crippen LogP contribution in [0, 0.1) is 0 Å². The van der Waals surface area contributed by atoms with Crippen LogP contribution in [0.25, 0.3) is 22.6 Å². The normalized spacial score (nSPS) is 10.7. The first-order chi connectivity index (χ1) is 9.80. The number of rotatable bonds is 4. The van der Waals surface area contributed by atoms with E-state index in [-0.39, 0.29) is 0 Å². The third-order valence-corrected chi connectivity index (χ3v) is 2.98. The zero-order valence-corrected chi connectivity index (χ0v) is 11.4. The molecule has 0 bridgehead atoms. The van der Waals surface area contributed by atoms with Gasteiger partial charge in [0, 0.05) is 11.6 Å². The average molecular weight is 269 g/mol. The van der Waals surface area contributed by atoms with E-state index in [0.717, 1.165) is 22.7 Å². The number of pyridine rings is 1. The minimum absolute atomic E-state index is 0.591. The van der Waals surface area contributed by atoms with E-state index in [4.69, 9.17) is 9.47 Å². The molecule has 2 heterocycles. The Hall–Kier alpha value is -2.56. The van der Waals surface area contributed by atoms with E-state index in [9.17, 15) is 0 Å². The Balaban J connectivity index is 1.98. The van der Waals surface area contributed by atoms with Gasteiger partial charge in [0.15, 0.2) is 5.65 Å². The Morgan fingerprint density at radius 2 is 1.85 bits per heavy atom. The molecule has 2 aromatic heterocycles. The number of benzene rings is 1. The van der Waals surface area contributed by atoms with Gasteiger partial charge in [-0.3, -0.25) is 0 Å². The van der Waals surface area contributed by atoms with E-state index in [2.05, 4.69) is 15.0 Å². The number of aromatic nitrogens is 3. The zero-order valence-electron chi connectivity index (χ0n) is 11.4. The van der Waals surface area contributed by atoms with Gasteiger partial charge in [0.2, 0.25) is 5.88 Å². The van der Waals surface area contributed by atoms with Crippen molar-refractivity contribution in [2.24, 2.45) is 0 Å². The number of ether oxygens (including phenoxy) is 2. The summed E-state index contributed by atoms with van der Waals surface area (Å²) in [6.07, 6.45) is 0. The molecule has 0 radical (unpaired) electrons. The Morgan fingerprint density at radius 1 is 1.05 bits per heavy atom. The van der Waals surface area contributed by atoms with Gasteiger partial charge in [0.05, 0.1) is 19.2 Å². The van der Waals surface area contributed by atoms with Crippen molar-refractivity contribution in [2.75, 3.05) is 13.7 Å². The number of nitrogens with one attached hydrogen (secondary N) is 1. The average Bonchev–Trinajstić information content (AvgIpc) is 2.91. The lowest BCUT2D eigenvalue weighted by atomic mass is 10.2. The van der Waals surface area contributed by atoms with Gasteiger partial charge in [0.1, 0.15) is 11.6 Å². The molecule has 0 unspecified atom stereocenters. The van der Waals surface area contributed by atoms with Crippen LogP contribution in [0.15, 0.2) is 36.4 Å². The van der Waals surface area contributed by atoms with Gasteiger partial charge in [-0.25, -0.2) is 4.98 Å². The smallest absolute Gasteiger partial charge is 0.215 e. The summed E-state index contributed by atoms with van der Waals surface area (Å²) in [5, 5.41) is 0. The molecule has 0 aliphatic heterocycles. The molecule has 1 N–H and O–H groups in total. The highest BCUT2D eigenvalue weighted by atomic mass is 16.5. The summed E-state index contributed by atoms with van der Waals surface area (Å²) < 4.78 is 10.5. The fourth-order valence-corrected chi connectivity index (χ4v) is 1.99. The van der Waals surface area contributed by atoms with E-state index < -0.39 is 0 Å². The molecule has 0 saturated heterocycles. The molecule has 0 spiro atoms. The maximum Gasteiger partial charge on any atom is 0.215 e. The lowest BCUT2D eigenvalue weighted by molar-refractivity contribution is 0.328. The molecule has 1 aromatic carbocycles. The monoisotopic (exact) mass is 269 g/mol. The minimum atomic E-state index is 0.591. The third-order valence-electron chi connectivity index (χ3n) is 2.98. The molecule has 0 aliphatic carbocycles. The number of methoxy groups -OCH3 is 1. The van der Waals surface area contributed by atoms with E-state index in [1.165, 1.54) is 0 Å². The molecule has 5 heteroatoms. The molecule has 0 amide bonds. The molecular formula is C15H15N3O2. The third kappa shape index (κ3) is 2.30. The van der Waals surface area contributed by atoms with Crippen molar-refractivity contribution in [1.29, 1.82) is 0 Å². The summed E-state index contributed by atoms with van der Waals surface area (Å²) >= 11 is 0. The largest absolute Gasteiger partial charge is 0.497 e. The van der Waals surface area contributed by atoms with E-state index >= 15 is 0 Å². The summed E-state index contributed by atoms with van der Waals surface area (Å²) in [6.45, 7) is 2.52. The van der Waals surface area contributed by atoms with Gasteiger partial charge >= 0.3 is 0 Å². The van der Waals surface area contributed by atoms with Crippen LogP contribution in [-0.2, 0) is 0 Å². The van der Waals surface area contributed by atoms with Crippen molar-refractivity contribution < 1.29 is 9.47 Å². The fraction of sp³-hybridized carbons (Fsp3) is 0.200. The number of hydrogen-bond acceptors (Lipinski definition) is 4. The second-order valence-electron chi connectivity index (χ2n) is 4.27. The zero-order chi connectivity index (χ0) is 13.9. The van der Waals surface area contributed by atoms with Crippen molar-refractivity contribution in [1.82, 2.24) is 15.0 Å². The Kier molecular flexibility index (Phi) is 3.25. The number of imidazole rings is 1. The van der Waals surface area contributed by atoms with Crippen LogP contribution < -0.4 is 9.47 Å². The van der Waals surface area contributed by atoms with Crippen molar-refractivity contribution in [3.05, 3.63) is 36.4 Å². The second kappa shape index (κ2) is 5.21. The molecular weight excluding hydrogens is 254 g/mol. The standard InChI is InChI=1S/C15H15N3O2/c1-3-20-13-9-8-12-15(17-13)18-14(16-12)10-4-6-11(19-2)7-5-10/h4-9H,3H2,1-2H3,(H,16,17,18). The number of aromatic amines is 1. The van der Waals surface area contributed by atoms with Crippen LogP contribution in [0.4, 0.5) is 0 Å². The second-order valence-corrected chi connectivity index (χ2v) is 4.27. The summed E-state index contributed by atoms with van der Waals surface area (Å²) in [5.41, 5.74) is 2.53. The number of hydrogen-bond donors (Lipinski definition) is 1. The minimum Gasteiger partial charge on any atom is -0.497 e. The molecule has 0 fully saturated rings. The predicted octanol–water partition coefficient (Wildman–Crippen LogP) is 3.03. The Labute approximate surface area is 116 Å². The van der Waals surface area contributed by atoms with E-state index in [1.54, 1.807) is 7.11 Å². The molecule has 3 rings (SSSR count). The van der Waals surface area contributed by atoms with Gasteiger partial charge in [-0.05, 0) is 37.3 Å². The van der Waals surface area contributed by atoms with Gasteiger partial charge in [-0.15, -0.1) is 0 Å². The van der Waals surface area contributed by atoms with Crippen LogP contribution in [0.2, 0.25) is 0 Å². The fourth-order valence-electron chi connectivity index (χ4n) is 1.99. The topological polar surface area (TPSA) is 60.0 Å². The number of nitrogens with zero attached hydrogens (tertiary/aromatic N) is 2. The first-order valence-corrected chi connectivity index (χ1v) is 6.44. The molecule has 0 saturated carbocycles. The van der Waals surface area contributed by atoms with Crippen LogP contribution in [-0.4, -0.2) is 28.7 Å². The van der Waals surface area contributed by atoms with Gasteiger partial charge in [0.25, 0.3) is 0 Å². The molecule has 102 valence electrons. The van der Waals surface area contributed by atoms with Crippen LogP contribution >= 0.6 is 0 Å². The van der Waals surface area contributed by atoms with Gasteiger partial charge in [-0.2, -0.15) is 4.98 Å². The first kappa shape index (κ1) is 12.5. The molecule has 3 aromatic rings. The summed E-state index contributed by atoms with van der Waals surface area (Å²) in [5.74, 6) is 2.19. The summed E-state index contributed by atoms with van der Waals surface area (Å²) in [6, 6.07) is 11.5. The highest BCUT2D eigenvalue weighted by Gasteiger charge is 2.07. The lowest BCUT2D eigenvalue weighted by Crippen LogP contribution is -1.93. The van der Waals surface area contributed by atoms with Crippen molar-refractivity contribution in [3.8, 4) is 23.0 Å². The van der Waals surface area contributed by atoms with E-state index in [1.807, 2.05) is 43.3 Å². The van der Waals surface area contributed by atoms with Gasteiger partial charge < -0.3 is 14.5 Å². The van der Waals surface area contributed by atoms with Crippen LogP contribution in [0.5, 0.6) is 11.6 Å². The molecule has 5 nitrogen and oxygen atoms in total. The SMILES string of the molecule is CCOc1ccc2[nH]c(-c3ccc(OC)cc3)nc2n1. The Morgan fingerprint density at radius 3 is 2.55 bits per heavy atom. The maximum absolute atomic E-state index is 5.38. The Bertz CT molecular complexity index is 720. The van der Waals surface area contributed by atoms with Crippen LogP contribution in [0.3, 0.4) is 0 Å². The molecule has 0 aliphatic rings. The molecule has 20 heavy (non-hydrogen) atoms. The van der Waals surface area contributed by atoms with E-state index in [0.29, 0.717) is 18.1 Å².